The number of alkyl halides is 3. The summed E-state index contributed by atoms with van der Waals surface area (Å²) in [6, 6.07) is 6.21. The first-order chi connectivity index (χ1) is 11.2. The van der Waals surface area contributed by atoms with Gasteiger partial charge in [0.1, 0.15) is 0 Å². The van der Waals surface area contributed by atoms with Crippen LogP contribution in [0.25, 0.3) is 0 Å². The average molecular weight is 344 g/mol. The minimum Gasteiger partial charge on any atom is -0.475 e. The summed E-state index contributed by atoms with van der Waals surface area (Å²) in [5.74, 6) is -2.67. The molecule has 2 aliphatic heterocycles. The van der Waals surface area contributed by atoms with Crippen molar-refractivity contribution in [3.63, 3.8) is 0 Å². The molecule has 0 saturated carbocycles. The fourth-order valence-electron chi connectivity index (χ4n) is 3.09. The molecule has 0 bridgehead atoms. The maximum absolute atomic E-state index is 11.9. The van der Waals surface area contributed by atoms with Gasteiger partial charge in [0.15, 0.2) is 0 Å². The van der Waals surface area contributed by atoms with Crippen molar-refractivity contribution >= 4 is 11.9 Å². The van der Waals surface area contributed by atoms with Gasteiger partial charge < -0.3 is 15.7 Å². The summed E-state index contributed by atoms with van der Waals surface area (Å²) in [6.45, 7) is 4.98. The number of halogens is 3. The molecule has 2 aliphatic rings. The second-order valence-electron chi connectivity index (χ2n) is 6.06. The van der Waals surface area contributed by atoms with Crippen molar-refractivity contribution in [1.29, 1.82) is 0 Å². The normalized spacial score (nSPS) is 18.9. The number of carbonyl (C=O) groups is 2. The predicted octanol–water partition coefficient (Wildman–Crippen LogP) is 1.99. The number of fused-ring (bicyclic) bond motifs is 2. The summed E-state index contributed by atoms with van der Waals surface area (Å²) in [5.41, 5.74) is 3.56. The van der Waals surface area contributed by atoms with Crippen molar-refractivity contribution in [2.75, 3.05) is 19.6 Å². The highest BCUT2D eigenvalue weighted by Crippen LogP contribution is 2.37. The lowest BCUT2D eigenvalue weighted by atomic mass is 9.69. The number of aliphatic carboxylic acids is 1. The number of nitrogens with one attached hydrogen (secondary N) is 2. The number of carboxylic acid groups (broad SMARTS) is 1. The monoisotopic (exact) mass is 344 g/mol. The number of benzene rings is 1. The first-order valence-electron chi connectivity index (χ1n) is 7.56. The van der Waals surface area contributed by atoms with Gasteiger partial charge in [0.05, 0.1) is 0 Å². The van der Waals surface area contributed by atoms with Gasteiger partial charge in [0.25, 0.3) is 5.91 Å². The van der Waals surface area contributed by atoms with Crippen LogP contribution in [0, 0.1) is 6.92 Å². The van der Waals surface area contributed by atoms with Crippen LogP contribution >= 0.6 is 0 Å². The van der Waals surface area contributed by atoms with Crippen LogP contribution in [-0.2, 0) is 10.2 Å². The molecular formula is C16H19F3N2O3. The third kappa shape index (κ3) is 3.87. The van der Waals surface area contributed by atoms with E-state index in [0.717, 1.165) is 38.0 Å². The number of hydrogen-bond donors (Lipinski definition) is 3. The van der Waals surface area contributed by atoms with Crippen LogP contribution in [-0.4, -0.2) is 42.8 Å². The minimum atomic E-state index is -5.08. The van der Waals surface area contributed by atoms with Crippen LogP contribution in [0.1, 0.15) is 34.3 Å². The standard InChI is InChI=1S/C14H18N2O.C2HF3O2/c1-10-2-3-11-12(8-10)14(9-16-13(11)17)4-6-15-7-5-14;3-2(4,5)1(6)7/h2-3,8,15H,4-7,9H2,1H3,(H,16,17);(H,6,7). The van der Waals surface area contributed by atoms with E-state index in [1.54, 1.807) is 0 Å². The molecule has 1 aromatic carbocycles. The molecular weight excluding hydrogens is 325 g/mol. The number of rotatable bonds is 0. The molecule has 5 nitrogen and oxygen atoms in total. The third-order valence-electron chi connectivity index (χ3n) is 4.38. The van der Waals surface area contributed by atoms with Gasteiger partial charge in [-0.2, -0.15) is 13.2 Å². The Kier molecular flexibility index (Phi) is 5.17. The second kappa shape index (κ2) is 6.80. The molecule has 1 aromatic rings. The Morgan fingerprint density at radius 2 is 1.83 bits per heavy atom. The summed E-state index contributed by atoms with van der Waals surface area (Å²) in [4.78, 5) is 20.8. The Labute approximate surface area is 137 Å². The molecule has 8 heteroatoms. The van der Waals surface area contributed by atoms with Crippen molar-refractivity contribution in [1.82, 2.24) is 10.6 Å². The Bertz CT molecular complexity index is 638. The van der Waals surface area contributed by atoms with Gasteiger partial charge in [-0.3, -0.25) is 4.79 Å². The van der Waals surface area contributed by atoms with Gasteiger partial charge in [-0.15, -0.1) is 0 Å². The lowest BCUT2D eigenvalue weighted by Gasteiger charge is -2.42. The fraction of sp³-hybridized carbons (Fsp3) is 0.500. The Hall–Kier alpha value is -2.09. The highest BCUT2D eigenvalue weighted by molar-refractivity contribution is 5.97. The molecule has 0 aliphatic carbocycles. The first-order valence-corrected chi connectivity index (χ1v) is 7.56. The molecule has 1 saturated heterocycles. The van der Waals surface area contributed by atoms with Crippen LogP contribution < -0.4 is 10.6 Å². The zero-order valence-corrected chi connectivity index (χ0v) is 13.2. The molecule has 0 aromatic heterocycles. The lowest BCUT2D eigenvalue weighted by molar-refractivity contribution is -0.192. The van der Waals surface area contributed by atoms with Crippen molar-refractivity contribution < 1.29 is 27.9 Å². The first kappa shape index (κ1) is 18.3. The molecule has 1 amide bonds. The summed E-state index contributed by atoms with van der Waals surface area (Å²) in [7, 11) is 0. The van der Waals surface area contributed by atoms with Gasteiger partial charge in [0.2, 0.25) is 0 Å². The number of carbonyl (C=O) groups excluding carboxylic acids is 1. The molecule has 0 radical (unpaired) electrons. The van der Waals surface area contributed by atoms with Crippen molar-refractivity contribution in [3.8, 4) is 0 Å². The van der Waals surface area contributed by atoms with E-state index in [2.05, 4.69) is 23.6 Å². The zero-order valence-electron chi connectivity index (χ0n) is 13.2. The summed E-state index contributed by atoms with van der Waals surface area (Å²) in [6.07, 6.45) is -2.85. The van der Waals surface area contributed by atoms with Gasteiger partial charge in [0, 0.05) is 17.5 Å². The van der Waals surface area contributed by atoms with Crippen LogP contribution in [0.2, 0.25) is 0 Å². The van der Waals surface area contributed by atoms with Crippen LogP contribution in [0.5, 0.6) is 0 Å². The average Bonchev–Trinajstić information content (AvgIpc) is 2.52. The van der Waals surface area contributed by atoms with E-state index in [1.165, 1.54) is 11.1 Å². The largest absolute Gasteiger partial charge is 0.490 e. The van der Waals surface area contributed by atoms with Gasteiger partial charge in [-0.25, -0.2) is 4.79 Å². The molecule has 1 spiro atoms. The topological polar surface area (TPSA) is 78.4 Å². The van der Waals surface area contributed by atoms with Crippen LogP contribution in [0.15, 0.2) is 18.2 Å². The van der Waals surface area contributed by atoms with Crippen molar-refractivity contribution in [2.24, 2.45) is 0 Å². The maximum atomic E-state index is 11.9. The van der Waals surface area contributed by atoms with E-state index >= 15 is 0 Å². The number of carboxylic acids is 1. The molecule has 24 heavy (non-hydrogen) atoms. The number of aryl methyl sites for hydroxylation is 1. The SMILES string of the molecule is Cc1ccc2c(c1)C1(CCNCC1)CNC2=O.O=C(O)C(F)(F)F. The molecule has 3 N–H and O–H groups in total. The van der Waals surface area contributed by atoms with E-state index in [1.807, 2.05) is 12.1 Å². The van der Waals surface area contributed by atoms with Gasteiger partial charge in [-0.05, 0) is 44.5 Å². The Morgan fingerprint density at radius 1 is 1.25 bits per heavy atom. The van der Waals surface area contributed by atoms with Crippen LogP contribution in [0.3, 0.4) is 0 Å². The van der Waals surface area contributed by atoms with Crippen molar-refractivity contribution in [3.05, 3.63) is 34.9 Å². The number of amides is 1. The van der Waals surface area contributed by atoms with Gasteiger partial charge >= 0.3 is 12.1 Å². The van der Waals surface area contributed by atoms with E-state index in [9.17, 15) is 18.0 Å². The Morgan fingerprint density at radius 3 is 2.38 bits per heavy atom. The highest BCUT2D eigenvalue weighted by Gasteiger charge is 2.40. The fourth-order valence-corrected chi connectivity index (χ4v) is 3.09. The van der Waals surface area contributed by atoms with E-state index in [0.29, 0.717) is 0 Å². The maximum Gasteiger partial charge on any atom is 0.490 e. The smallest absolute Gasteiger partial charge is 0.475 e. The summed E-state index contributed by atoms with van der Waals surface area (Å²) in [5, 5.41) is 13.6. The van der Waals surface area contributed by atoms with Crippen LogP contribution in [0.4, 0.5) is 13.2 Å². The molecule has 1 fully saturated rings. The summed E-state index contributed by atoms with van der Waals surface area (Å²) < 4.78 is 31.7. The molecule has 3 rings (SSSR count). The number of piperidine rings is 1. The minimum absolute atomic E-state index is 0.0872. The second-order valence-corrected chi connectivity index (χ2v) is 6.06. The third-order valence-corrected chi connectivity index (χ3v) is 4.38. The molecule has 132 valence electrons. The van der Waals surface area contributed by atoms with E-state index < -0.39 is 12.1 Å². The predicted molar refractivity (Wildman–Crippen MR) is 81.0 cm³/mol. The quantitative estimate of drug-likeness (QED) is 0.673. The Balaban J connectivity index is 0.000000256. The zero-order chi connectivity index (χ0) is 18.0. The summed E-state index contributed by atoms with van der Waals surface area (Å²) >= 11 is 0. The van der Waals surface area contributed by atoms with E-state index in [-0.39, 0.29) is 11.3 Å². The number of hydrogen-bond acceptors (Lipinski definition) is 3. The lowest BCUT2D eigenvalue weighted by Crippen LogP contribution is -2.51. The van der Waals surface area contributed by atoms with Crippen molar-refractivity contribution in [2.45, 2.75) is 31.4 Å². The molecule has 0 atom stereocenters. The van der Waals surface area contributed by atoms with Gasteiger partial charge in [-0.1, -0.05) is 17.7 Å². The highest BCUT2D eigenvalue weighted by atomic mass is 19.4. The van der Waals surface area contributed by atoms with E-state index in [4.69, 9.17) is 9.90 Å². The molecule has 0 unspecified atom stereocenters. The molecule has 2 heterocycles.